The van der Waals surface area contributed by atoms with Crippen LogP contribution in [0.4, 0.5) is 11.4 Å². The number of para-hydroxylation sites is 1. The average molecular weight is 392 g/mol. The Morgan fingerprint density at radius 1 is 0.864 bits per heavy atom. The Hall–Kier alpha value is -2.23. The zero-order chi connectivity index (χ0) is 16.3. The van der Waals surface area contributed by atoms with Gasteiger partial charge >= 0.3 is 0 Å². The second-order valence-corrected chi connectivity index (χ2v) is 5.68. The molecular formula is C15H5BrCl2N4. The number of nitrogens with zero attached hydrogens (tertiary/aromatic N) is 3. The fourth-order valence-corrected chi connectivity index (χ4v) is 2.80. The summed E-state index contributed by atoms with van der Waals surface area (Å²) in [5, 5.41) is 30.6. The molecule has 0 aromatic heterocycles. The van der Waals surface area contributed by atoms with Gasteiger partial charge in [-0.05, 0) is 28.1 Å². The Morgan fingerprint density at radius 2 is 1.36 bits per heavy atom. The highest BCUT2D eigenvalue weighted by Gasteiger charge is 2.22. The highest BCUT2D eigenvalue weighted by Crippen LogP contribution is 2.39. The van der Waals surface area contributed by atoms with Crippen molar-refractivity contribution in [2.75, 3.05) is 5.32 Å². The zero-order valence-electron chi connectivity index (χ0n) is 10.8. The molecule has 0 atom stereocenters. The first-order chi connectivity index (χ1) is 10.5. The number of nitriles is 3. The Bertz CT molecular complexity index is 847. The van der Waals surface area contributed by atoms with Crippen molar-refractivity contribution in [1.29, 1.82) is 15.8 Å². The monoisotopic (exact) mass is 390 g/mol. The van der Waals surface area contributed by atoms with Crippen molar-refractivity contribution < 1.29 is 0 Å². The normalized spacial score (nSPS) is 9.45. The van der Waals surface area contributed by atoms with E-state index in [1.54, 1.807) is 18.2 Å². The summed E-state index contributed by atoms with van der Waals surface area (Å²) in [5.41, 5.74) is 0.706. The third-order valence-electron chi connectivity index (χ3n) is 2.85. The van der Waals surface area contributed by atoms with Crippen LogP contribution in [-0.2, 0) is 0 Å². The smallest absolute Gasteiger partial charge is 0.103 e. The maximum absolute atomic E-state index is 9.33. The first kappa shape index (κ1) is 16.1. The highest BCUT2D eigenvalue weighted by atomic mass is 79.9. The lowest BCUT2D eigenvalue weighted by molar-refractivity contribution is 1.39. The highest BCUT2D eigenvalue weighted by molar-refractivity contribution is 9.10. The molecule has 0 saturated carbocycles. The molecule has 0 aliphatic rings. The van der Waals surface area contributed by atoms with E-state index in [9.17, 15) is 10.5 Å². The summed E-state index contributed by atoms with van der Waals surface area (Å²) >= 11 is 15.5. The minimum Gasteiger partial charge on any atom is -0.352 e. The molecule has 0 saturated heterocycles. The summed E-state index contributed by atoms with van der Waals surface area (Å²) in [6, 6.07) is 12.8. The molecule has 2 aromatic rings. The lowest BCUT2D eigenvalue weighted by Crippen LogP contribution is -2.02. The van der Waals surface area contributed by atoms with Crippen molar-refractivity contribution in [3.63, 3.8) is 0 Å². The molecule has 2 rings (SSSR count). The van der Waals surface area contributed by atoms with Crippen LogP contribution in [0.3, 0.4) is 0 Å². The van der Waals surface area contributed by atoms with Crippen molar-refractivity contribution in [3.8, 4) is 18.2 Å². The van der Waals surface area contributed by atoms with Gasteiger partial charge in [0, 0.05) is 4.47 Å². The fraction of sp³-hybridized carbons (Fsp3) is 0. The summed E-state index contributed by atoms with van der Waals surface area (Å²) in [5.74, 6) is 0. The van der Waals surface area contributed by atoms with Crippen LogP contribution in [0.15, 0.2) is 28.7 Å². The van der Waals surface area contributed by atoms with E-state index in [0.717, 1.165) is 4.47 Å². The molecule has 0 aliphatic heterocycles. The molecule has 106 valence electrons. The van der Waals surface area contributed by atoms with Crippen LogP contribution in [0.2, 0.25) is 10.0 Å². The first-order valence-electron chi connectivity index (χ1n) is 5.82. The number of anilines is 2. The Labute approximate surface area is 145 Å². The number of hydrogen-bond donors (Lipinski definition) is 1. The molecular weight excluding hydrogens is 387 g/mol. The third-order valence-corrected chi connectivity index (χ3v) is 4.29. The predicted molar refractivity (Wildman–Crippen MR) is 88.0 cm³/mol. The lowest BCUT2D eigenvalue weighted by Gasteiger charge is -2.15. The zero-order valence-corrected chi connectivity index (χ0v) is 13.9. The van der Waals surface area contributed by atoms with Gasteiger partial charge in [0.2, 0.25) is 0 Å². The van der Waals surface area contributed by atoms with Crippen LogP contribution in [0, 0.1) is 34.0 Å². The molecule has 0 spiro atoms. The van der Waals surface area contributed by atoms with Crippen molar-refractivity contribution in [3.05, 3.63) is 55.5 Å². The molecule has 0 radical (unpaired) electrons. The fourth-order valence-electron chi connectivity index (χ4n) is 1.82. The van der Waals surface area contributed by atoms with Gasteiger partial charge in [-0.1, -0.05) is 35.3 Å². The van der Waals surface area contributed by atoms with Crippen molar-refractivity contribution >= 4 is 50.5 Å². The van der Waals surface area contributed by atoms with Crippen LogP contribution >= 0.6 is 39.1 Å². The van der Waals surface area contributed by atoms with Crippen LogP contribution in [0.25, 0.3) is 0 Å². The van der Waals surface area contributed by atoms with Gasteiger partial charge in [-0.2, -0.15) is 15.8 Å². The summed E-state index contributed by atoms with van der Waals surface area (Å²) in [7, 11) is 0. The predicted octanol–water partition coefficient (Wildman–Crippen LogP) is 5.11. The number of halogens is 3. The van der Waals surface area contributed by atoms with Crippen LogP contribution in [-0.4, -0.2) is 0 Å². The minimum atomic E-state index is -0.0888. The average Bonchev–Trinajstić information content (AvgIpc) is 2.50. The van der Waals surface area contributed by atoms with Gasteiger partial charge in [0.15, 0.2) is 0 Å². The standard InChI is InChI=1S/C15H5BrCl2N4/c16-11-3-1-2-4-12(11)22-15-9(6-20)13(17)8(5-19)14(18)10(15)7-21/h1-4,22H. The second kappa shape index (κ2) is 6.69. The Morgan fingerprint density at radius 3 is 1.82 bits per heavy atom. The number of rotatable bonds is 2. The van der Waals surface area contributed by atoms with Crippen LogP contribution in [0.5, 0.6) is 0 Å². The molecule has 4 nitrogen and oxygen atoms in total. The Kier molecular flexibility index (Phi) is 4.91. The molecule has 2 aromatic carbocycles. The van der Waals surface area contributed by atoms with E-state index in [0.29, 0.717) is 5.69 Å². The van der Waals surface area contributed by atoms with Gasteiger partial charge in [0.1, 0.15) is 18.2 Å². The minimum absolute atomic E-state index is 0.00470. The SMILES string of the molecule is N#Cc1c(Cl)c(C#N)c(Nc2ccccc2Br)c(C#N)c1Cl. The van der Waals surface area contributed by atoms with E-state index in [1.165, 1.54) is 0 Å². The number of nitrogens with one attached hydrogen (secondary N) is 1. The van der Waals surface area contributed by atoms with E-state index in [2.05, 4.69) is 21.2 Å². The molecule has 0 fully saturated rings. The molecule has 0 unspecified atom stereocenters. The maximum atomic E-state index is 9.33. The van der Waals surface area contributed by atoms with E-state index in [4.69, 9.17) is 28.5 Å². The van der Waals surface area contributed by atoms with Crippen LogP contribution < -0.4 is 5.32 Å². The van der Waals surface area contributed by atoms with E-state index < -0.39 is 0 Å². The summed E-state index contributed by atoms with van der Waals surface area (Å²) < 4.78 is 0.736. The molecule has 0 heterocycles. The molecule has 0 bridgehead atoms. The van der Waals surface area contributed by atoms with Gasteiger partial charge in [-0.3, -0.25) is 0 Å². The van der Waals surface area contributed by atoms with Gasteiger partial charge in [-0.25, -0.2) is 0 Å². The summed E-state index contributed by atoms with van der Waals surface area (Å²) in [6.07, 6.45) is 0. The van der Waals surface area contributed by atoms with Crippen molar-refractivity contribution in [2.24, 2.45) is 0 Å². The van der Waals surface area contributed by atoms with Crippen LogP contribution in [0.1, 0.15) is 16.7 Å². The van der Waals surface area contributed by atoms with Gasteiger partial charge in [0.05, 0.1) is 38.1 Å². The second-order valence-electron chi connectivity index (χ2n) is 4.07. The van der Waals surface area contributed by atoms with Gasteiger partial charge in [0.25, 0.3) is 0 Å². The molecule has 7 heteroatoms. The van der Waals surface area contributed by atoms with Gasteiger partial charge in [-0.15, -0.1) is 0 Å². The number of hydrogen-bond acceptors (Lipinski definition) is 4. The molecule has 0 amide bonds. The lowest BCUT2D eigenvalue weighted by atomic mass is 10.0. The number of benzene rings is 2. The van der Waals surface area contributed by atoms with Crippen molar-refractivity contribution in [2.45, 2.75) is 0 Å². The Balaban J connectivity index is 2.77. The maximum Gasteiger partial charge on any atom is 0.103 e. The largest absolute Gasteiger partial charge is 0.352 e. The third kappa shape index (κ3) is 2.73. The summed E-state index contributed by atoms with van der Waals surface area (Å²) in [6.45, 7) is 0. The van der Waals surface area contributed by atoms with Gasteiger partial charge < -0.3 is 5.32 Å². The first-order valence-corrected chi connectivity index (χ1v) is 7.36. The van der Waals surface area contributed by atoms with Crippen molar-refractivity contribution in [1.82, 2.24) is 0 Å². The van der Waals surface area contributed by atoms with E-state index in [1.807, 2.05) is 24.3 Å². The van der Waals surface area contributed by atoms with E-state index in [-0.39, 0.29) is 32.4 Å². The molecule has 1 N–H and O–H groups in total. The molecule has 22 heavy (non-hydrogen) atoms. The topological polar surface area (TPSA) is 83.4 Å². The molecule has 0 aliphatic carbocycles. The quantitative estimate of drug-likeness (QED) is 0.770. The van der Waals surface area contributed by atoms with E-state index >= 15 is 0 Å². The summed E-state index contributed by atoms with van der Waals surface area (Å²) in [4.78, 5) is 0.